The molecular formula is C24H26BNO6S. The third-order valence-electron chi connectivity index (χ3n) is 7.27. The van der Waals surface area contributed by atoms with Crippen molar-refractivity contribution in [3.8, 4) is 5.75 Å². The molecule has 7 nitrogen and oxygen atoms in total. The molecule has 0 spiro atoms. The fourth-order valence-corrected chi connectivity index (χ4v) is 6.42. The normalized spacial score (nSPS) is 27.3. The summed E-state index contributed by atoms with van der Waals surface area (Å²) in [6.45, 7) is 3.57. The van der Waals surface area contributed by atoms with E-state index in [1.54, 1.807) is 13.8 Å². The number of nitrogens with zero attached hydrogens (tertiary/aromatic N) is 1. The van der Waals surface area contributed by atoms with Gasteiger partial charge in [0.15, 0.2) is 0 Å². The van der Waals surface area contributed by atoms with E-state index in [9.17, 15) is 24.8 Å². The zero-order valence-electron chi connectivity index (χ0n) is 18.5. The lowest BCUT2D eigenvalue weighted by Crippen LogP contribution is -2.45. The van der Waals surface area contributed by atoms with Gasteiger partial charge in [-0.1, -0.05) is 6.07 Å². The van der Waals surface area contributed by atoms with Gasteiger partial charge in [0.25, 0.3) is 0 Å². The van der Waals surface area contributed by atoms with Gasteiger partial charge < -0.3 is 19.9 Å². The minimum Gasteiger partial charge on any atom is -0.507 e. The molecule has 0 unspecified atom stereocenters. The van der Waals surface area contributed by atoms with Gasteiger partial charge in [-0.05, 0) is 83.9 Å². The number of phenols is 1. The van der Waals surface area contributed by atoms with Gasteiger partial charge in [-0.25, -0.2) is 0 Å². The molecule has 1 aromatic carbocycles. The Labute approximate surface area is 196 Å². The average Bonchev–Trinajstić information content (AvgIpc) is 3.39. The summed E-state index contributed by atoms with van der Waals surface area (Å²) in [6.07, 6.45) is 0.160. The van der Waals surface area contributed by atoms with E-state index in [1.165, 1.54) is 16.2 Å². The number of likely N-dealkylation sites (tertiary alicyclic amines) is 1. The van der Waals surface area contributed by atoms with Crippen molar-refractivity contribution in [2.75, 3.05) is 6.61 Å². The Morgan fingerprint density at radius 2 is 1.91 bits per heavy atom. The lowest BCUT2D eigenvalue weighted by molar-refractivity contribution is -0.140. The highest BCUT2D eigenvalue weighted by molar-refractivity contribution is 7.09. The number of amides is 2. The third-order valence-corrected chi connectivity index (χ3v) is 8.13. The van der Waals surface area contributed by atoms with Gasteiger partial charge in [0, 0.05) is 4.88 Å². The number of aliphatic hydroxyl groups excluding tert-OH is 1. The number of allylic oxidation sites excluding steroid dienone is 1. The Bertz CT molecular complexity index is 1120. The van der Waals surface area contributed by atoms with Crippen molar-refractivity contribution in [1.29, 1.82) is 0 Å². The molecule has 4 atom stereocenters. The lowest BCUT2D eigenvalue weighted by Gasteiger charge is -2.42. The summed E-state index contributed by atoms with van der Waals surface area (Å²) in [5, 5.41) is 33.0. The van der Waals surface area contributed by atoms with Gasteiger partial charge in [-0.2, -0.15) is 0 Å². The first-order valence-corrected chi connectivity index (χ1v) is 12.0. The van der Waals surface area contributed by atoms with Crippen molar-refractivity contribution in [2.45, 2.75) is 39.3 Å². The zero-order valence-corrected chi connectivity index (χ0v) is 19.3. The molecule has 9 heteroatoms. The maximum atomic E-state index is 13.5. The van der Waals surface area contributed by atoms with Crippen LogP contribution in [-0.4, -0.2) is 45.7 Å². The van der Waals surface area contributed by atoms with E-state index in [2.05, 4.69) is 0 Å². The Morgan fingerprint density at radius 1 is 1.18 bits per heavy atom. The van der Waals surface area contributed by atoms with Crippen LogP contribution in [0.1, 0.15) is 40.5 Å². The number of aromatic hydroxyl groups is 1. The van der Waals surface area contributed by atoms with Crippen LogP contribution in [0, 0.1) is 31.6 Å². The van der Waals surface area contributed by atoms with E-state index in [-0.39, 0.29) is 37.1 Å². The highest BCUT2D eigenvalue weighted by atomic mass is 32.1. The van der Waals surface area contributed by atoms with E-state index in [0.717, 1.165) is 10.4 Å². The predicted octanol–water partition coefficient (Wildman–Crippen LogP) is 2.66. The molecule has 0 radical (unpaired) electrons. The third kappa shape index (κ3) is 3.63. The maximum Gasteiger partial charge on any atom is 0.487 e. The molecule has 0 bridgehead atoms. The van der Waals surface area contributed by atoms with E-state index in [1.807, 2.05) is 29.6 Å². The van der Waals surface area contributed by atoms with Crippen LogP contribution in [0.25, 0.3) is 0 Å². The molecule has 2 aromatic rings. The van der Waals surface area contributed by atoms with Crippen molar-refractivity contribution in [1.82, 2.24) is 4.90 Å². The summed E-state index contributed by atoms with van der Waals surface area (Å²) in [7, 11) is -1.26. The molecule has 2 amide bonds. The van der Waals surface area contributed by atoms with Crippen LogP contribution in [0.2, 0.25) is 0 Å². The minimum atomic E-state index is -1.26. The molecule has 0 saturated carbocycles. The Hall–Kier alpha value is -2.46. The van der Waals surface area contributed by atoms with Gasteiger partial charge in [0.2, 0.25) is 11.8 Å². The van der Waals surface area contributed by atoms with Crippen molar-refractivity contribution >= 4 is 30.3 Å². The largest absolute Gasteiger partial charge is 0.507 e. The number of benzene rings is 1. The van der Waals surface area contributed by atoms with Gasteiger partial charge in [0.1, 0.15) is 5.75 Å². The summed E-state index contributed by atoms with van der Waals surface area (Å²) in [4.78, 5) is 29.0. The number of aliphatic hydroxyl groups is 1. The molecule has 5 rings (SSSR count). The molecule has 3 N–H and O–H groups in total. The van der Waals surface area contributed by atoms with Crippen LogP contribution < -0.4 is 0 Å². The number of thiophene rings is 1. The number of rotatable bonds is 4. The van der Waals surface area contributed by atoms with Crippen molar-refractivity contribution < 1.29 is 29.5 Å². The van der Waals surface area contributed by atoms with Crippen molar-refractivity contribution in [2.24, 2.45) is 17.8 Å². The lowest BCUT2D eigenvalue weighted by atomic mass is 9.55. The molecule has 2 aliphatic heterocycles. The van der Waals surface area contributed by atoms with E-state index >= 15 is 0 Å². The number of hydrogen-bond donors (Lipinski definition) is 3. The van der Waals surface area contributed by atoms with Crippen LogP contribution in [0.4, 0.5) is 0 Å². The second-order valence-electron chi connectivity index (χ2n) is 9.22. The number of carbonyl (C=O) groups excluding carboxylic acids is 2. The number of imide groups is 1. The van der Waals surface area contributed by atoms with Gasteiger partial charge in [-0.15, -0.1) is 11.3 Å². The van der Waals surface area contributed by atoms with Crippen LogP contribution in [0.3, 0.4) is 0 Å². The highest BCUT2D eigenvalue weighted by Gasteiger charge is 2.57. The average molecular weight is 467 g/mol. The topological polar surface area (TPSA) is 107 Å². The van der Waals surface area contributed by atoms with Crippen molar-refractivity contribution in [3.05, 3.63) is 62.3 Å². The number of hydrogen-bond acceptors (Lipinski definition) is 7. The second kappa shape index (κ2) is 8.40. The SMILES string of the molecule is Cc1cc([C@@H]2C[C@@H]3C(=C(CO)C[C@@H]4C(=O)N(Cc5cccs5)C(=O)[C@@H]43)B(O)O2)cc(C)c1O. The minimum absolute atomic E-state index is 0.211. The van der Waals surface area contributed by atoms with Gasteiger partial charge in [0.05, 0.1) is 31.1 Å². The number of phenolic OH excluding ortho intramolecular Hbond substituents is 1. The second-order valence-corrected chi connectivity index (χ2v) is 10.3. The van der Waals surface area contributed by atoms with Crippen LogP contribution in [-0.2, 0) is 20.8 Å². The first kappa shape index (κ1) is 22.3. The molecule has 172 valence electrons. The first-order chi connectivity index (χ1) is 15.8. The summed E-state index contributed by atoms with van der Waals surface area (Å²) >= 11 is 1.50. The van der Waals surface area contributed by atoms with Crippen LogP contribution >= 0.6 is 11.3 Å². The van der Waals surface area contributed by atoms with E-state index < -0.39 is 31.0 Å². The quantitative estimate of drug-likeness (QED) is 0.472. The molecular weight excluding hydrogens is 441 g/mol. The summed E-state index contributed by atoms with van der Waals surface area (Å²) in [6, 6.07) is 7.45. The summed E-state index contributed by atoms with van der Waals surface area (Å²) < 4.78 is 5.94. The highest BCUT2D eigenvalue weighted by Crippen LogP contribution is 2.51. The predicted molar refractivity (Wildman–Crippen MR) is 123 cm³/mol. The van der Waals surface area contributed by atoms with E-state index in [0.29, 0.717) is 28.6 Å². The monoisotopic (exact) mass is 467 g/mol. The molecule has 1 aliphatic carbocycles. The summed E-state index contributed by atoms with van der Waals surface area (Å²) in [5.41, 5.74) is 3.35. The molecule has 1 aromatic heterocycles. The van der Waals surface area contributed by atoms with Gasteiger partial charge in [-0.3, -0.25) is 14.5 Å². The van der Waals surface area contributed by atoms with Gasteiger partial charge >= 0.3 is 7.12 Å². The maximum absolute atomic E-state index is 13.5. The molecule has 3 aliphatic rings. The standard InChI is InChI=1S/C24H26BNO6S/c1-12-6-14(7-13(2)22(12)28)19-9-17-20-18(8-15(11-27)21(17)25(31)32-19)23(29)26(24(20)30)10-16-4-3-5-33-16/h3-7,17-20,27-28,31H,8-11H2,1-2H3/t17-,18-,19-,20+/m0/s1. The molecule has 2 fully saturated rings. The fraction of sp³-hybridized carbons (Fsp3) is 0.417. The van der Waals surface area contributed by atoms with Crippen LogP contribution in [0.15, 0.2) is 40.7 Å². The smallest absolute Gasteiger partial charge is 0.487 e. The number of aryl methyl sites for hydroxylation is 2. The molecule has 3 heterocycles. The summed E-state index contributed by atoms with van der Waals surface area (Å²) in [5.74, 6) is -1.73. The number of fused-ring (bicyclic) bond motifs is 3. The Balaban J connectivity index is 1.51. The molecule has 33 heavy (non-hydrogen) atoms. The van der Waals surface area contributed by atoms with Crippen molar-refractivity contribution in [3.63, 3.8) is 0 Å². The fourth-order valence-electron chi connectivity index (χ4n) is 5.73. The Morgan fingerprint density at radius 3 is 2.55 bits per heavy atom. The Kier molecular flexibility index (Phi) is 5.68. The zero-order chi connectivity index (χ0) is 23.4. The van der Waals surface area contributed by atoms with Crippen LogP contribution in [0.5, 0.6) is 5.75 Å². The molecule has 2 saturated heterocycles. The number of carbonyl (C=O) groups is 2. The first-order valence-electron chi connectivity index (χ1n) is 11.1. The van der Waals surface area contributed by atoms with E-state index in [4.69, 9.17) is 4.65 Å².